The van der Waals surface area contributed by atoms with Crippen molar-refractivity contribution < 1.29 is 9.59 Å². The Morgan fingerprint density at radius 2 is 1.81 bits per heavy atom. The summed E-state index contributed by atoms with van der Waals surface area (Å²) in [6.07, 6.45) is 1.64. The molecule has 1 aliphatic rings. The van der Waals surface area contributed by atoms with Crippen LogP contribution in [0.1, 0.15) is 54.4 Å². The molecule has 5 heteroatoms. The van der Waals surface area contributed by atoms with Crippen LogP contribution >= 0.6 is 0 Å². The van der Waals surface area contributed by atoms with Gasteiger partial charge in [0.2, 0.25) is 11.8 Å². The second-order valence-corrected chi connectivity index (χ2v) is 7.92. The molecule has 3 unspecified atom stereocenters. The van der Waals surface area contributed by atoms with Crippen LogP contribution in [-0.2, 0) is 9.59 Å². The zero-order chi connectivity index (χ0) is 16.4. The molecule has 2 amide bonds. The van der Waals surface area contributed by atoms with E-state index in [4.69, 9.17) is 5.73 Å². The van der Waals surface area contributed by atoms with Gasteiger partial charge in [0.25, 0.3) is 0 Å². The summed E-state index contributed by atoms with van der Waals surface area (Å²) in [4.78, 5) is 24.2. The first-order valence-electron chi connectivity index (χ1n) is 7.79. The Bertz CT molecular complexity index is 399. The standard InChI is InChI=1S/C16H31N3O2/c1-10-12(17)8-7-11(16(10,5)6)14(21)18-9-13(20)19-15(2,3)4/h10-12H,7-9,17H2,1-6H3,(H,18,21)(H,19,20). The second-order valence-electron chi connectivity index (χ2n) is 7.92. The monoisotopic (exact) mass is 297 g/mol. The predicted molar refractivity (Wildman–Crippen MR) is 84.5 cm³/mol. The summed E-state index contributed by atoms with van der Waals surface area (Å²) in [6.45, 7) is 12.1. The van der Waals surface area contributed by atoms with E-state index in [2.05, 4.69) is 31.4 Å². The van der Waals surface area contributed by atoms with Crippen LogP contribution in [0.15, 0.2) is 0 Å². The Morgan fingerprint density at radius 1 is 1.24 bits per heavy atom. The van der Waals surface area contributed by atoms with Crippen LogP contribution in [0.3, 0.4) is 0 Å². The Balaban J connectivity index is 2.58. The first-order chi connectivity index (χ1) is 9.45. The second kappa shape index (κ2) is 6.34. The highest BCUT2D eigenvalue weighted by Crippen LogP contribution is 2.44. The number of hydrogen-bond donors (Lipinski definition) is 3. The van der Waals surface area contributed by atoms with Gasteiger partial charge < -0.3 is 16.4 Å². The minimum Gasteiger partial charge on any atom is -0.350 e. The van der Waals surface area contributed by atoms with Crippen molar-refractivity contribution in [2.75, 3.05) is 6.54 Å². The fourth-order valence-electron chi connectivity index (χ4n) is 3.07. The average Bonchev–Trinajstić information content (AvgIpc) is 2.31. The van der Waals surface area contributed by atoms with E-state index < -0.39 is 0 Å². The van der Waals surface area contributed by atoms with Crippen molar-refractivity contribution in [3.05, 3.63) is 0 Å². The maximum Gasteiger partial charge on any atom is 0.239 e. The number of hydrogen-bond acceptors (Lipinski definition) is 3. The van der Waals surface area contributed by atoms with Crippen LogP contribution in [0.25, 0.3) is 0 Å². The van der Waals surface area contributed by atoms with E-state index >= 15 is 0 Å². The molecule has 0 spiro atoms. The van der Waals surface area contributed by atoms with Gasteiger partial charge in [-0.05, 0) is 44.9 Å². The molecule has 5 nitrogen and oxygen atoms in total. The molecule has 0 aromatic carbocycles. The molecular weight excluding hydrogens is 266 g/mol. The van der Waals surface area contributed by atoms with Gasteiger partial charge in [0.05, 0.1) is 6.54 Å². The molecule has 0 aromatic heterocycles. The quantitative estimate of drug-likeness (QED) is 0.736. The average molecular weight is 297 g/mol. The normalized spacial score (nSPS) is 28.8. The Labute approximate surface area is 128 Å². The zero-order valence-electron chi connectivity index (χ0n) is 14.2. The van der Waals surface area contributed by atoms with Crippen molar-refractivity contribution in [1.82, 2.24) is 10.6 Å². The highest BCUT2D eigenvalue weighted by Gasteiger charge is 2.44. The zero-order valence-corrected chi connectivity index (χ0v) is 14.2. The van der Waals surface area contributed by atoms with Gasteiger partial charge in [0, 0.05) is 17.5 Å². The fraction of sp³-hybridized carbons (Fsp3) is 0.875. The molecule has 0 heterocycles. The first-order valence-corrected chi connectivity index (χ1v) is 7.79. The van der Waals surface area contributed by atoms with E-state index in [1.807, 2.05) is 20.8 Å². The van der Waals surface area contributed by atoms with Crippen LogP contribution in [-0.4, -0.2) is 29.9 Å². The topological polar surface area (TPSA) is 84.2 Å². The summed E-state index contributed by atoms with van der Waals surface area (Å²) in [6, 6.07) is 0.147. The molecule has 0 saturated heterocycles. The highest BCUT2D eigenvalue weighted by molar-refractivity contribution is 5.86. The largest absolute Gasteiger partial charge is 0.350 e. The van der Waals surface area contributed by atoms with Crippen molar-refractivity contribution in [2.24, 2.45) is 23.0 Å². The number of rotatable bonds is 3. The van der Waals surface area contributed by atoms with E-state index in [1.54, 1.807) is 0 Å². The lowest BCUT2D eigenvalue weighted by atomic mass is 9.61. The van der Waals surface area contributed by atoms with Crippen molar-refractivity contribution in [2.45, 2.75) is 66.0 Å². The van der Waals surface area contributed by atoms with Gasteiger partial charge >= 0.3 is 0 Å². The molecule has 1 saturated carbocycles. The number of amides is 2. The summed E-state index contributed by atoms with van der Waals surface area (Å²) in [5.41, 5.74) is 5.68. The lowest BCUT2D eigenvalue weighted by molar-refractivity contribution is -0.134. The molecule has 1 fully saturated rings. The van der Waals surface area contributed by atoms with E-state index in [1.165, 1.54) is 0 Å². The van der Waals surface area contributed by atoms with Crippen molar-refractivity contribution in [3.63, 3.8) is 0 Å². The van der Waals surface area contributed by atoms with Crippen LogP contribution < -0.4 is 16.4 Å². The summed E-state index contributed by atoms with van der Waals surface area (Å²) >= 11 is 0. The van der Waals surface area contributed by atoms with Gasteiger partial charge in [-0.1, -0.05) is 20.8 Å². The summed E-state index contributed by atoms with van der Waals surface area (Å²) in [7, 11) is 0. The van der Waals surface area contributed by atoms with E-state index in [9.17, 15) is 9.59 Å². The molecule has 0 aromatic rings. The molecule has 1 rings (SSSR count). The highest BCUT2D eigenvalue weighted by atomic mass is 16.2. The maximum atomic E-state index is 12.4. The van der Waals surface area contributed by atoms with Crippen LogP contribution in [0.2, 0.25) is 0 Å². The van der Waals surface area contributed by atoms with Gasteiger partial charge in [-0.15, -0.1) is 0 Å². The van der Waals surface area contributed by atoms with Crippen LogP contribution in [0.4, 0.5) is 0 Å². The van der Waals surface area contributed by atoms with Crippen molar-refractivity contribution >= 4 is 11.8 Å². The number of nitrogens with two attached hydrogens (primary N) is 1. The SMILES string of the molecule is CC1C(N)CCC(C(=O)NCC(=O)NC(C)(C)C)C1(C)C. The minimum atomic E-state index is -0.285. The van der Waals surface area contributed by atoms with Gasteiger partial charge in [-0.25, -0.2) is 0 Å². The van der Waals surface area contributed by atoms with E-state index in [0.29, 0.717) is 0 Å². The minimum absolute atomic E-state index is 0.0309. The molecule has 21 heavy (non-hydrogen) atoms. The number of nitrogens with one attached hydrogen (secondary N) is 2. The summed E-state index contributed by atoms with van der Waals surface area (Å²) in [5.74, 6) is -0.00263. The number of carbonyl (C=O) groups excluding carboxylic acids is 2. The van der Waals surface area contributed by atoms with Crippen molar-refractivity contribution in [3.8, 4) is 0 Å². The Hall–Kier alpha value is -1.10. The molecule has 3 atom stereocenters. The molecular formula is C16H31N3O2. The first kappa shape index (κ1) is 18.0. The summed E-state index contributed by atoms with van der Waals surface area (Å²) < 4.78 is 0. The Kier molecular flexibility index (Phi) is 5.42. The van der Waals surface area contributed by atoms with E-state index in [0.717, 1.165) is 12.8 Å². The van der Waals surface area contributed by atoms with Gasteiger partial charge in [-0.3, -0.25) is 9.59 Å². The molecule has 4 N–H and O–H groups in total. The third kappa shape index (κ3) is 4.70. The van der Waals surface area contributed by atoms with Gasteiger partial charge in [-0.2, -0.15) is 0 Å². The van der Waals surface area contributed by atoms with Gasteiger partial charge in [0.15, 0.2) is 0 Å². The maximum absolute atomic E-state index is 12.4. The molecule has 0 radical (unpaired) electrons. The third-order valence-electron chi connectivity index (χ3n) is 4.76. The van der Waals surface area contributed by atoms with Crippen molar-refractivity contribution in [1.29, 1.82) is 0 Å². The third-order valence-corrected chi connectivity index (χ3v) is 4.76. The van der Waals surface area contributed by atoms with Crippen LogP contribution in [0.5, 0.6) is 0 Å². The van der Waals surface area contributed by atoms with E-state index in [-0.39, 0.29) is 47.2 Å². The molecule has 122 valence electrons. The predicted octanol–water partition coefficient (Wildman–Crippen LogP) is 1.42. The van der Waals surface area contributed by atoms with Gasteiger partial charge in [0.1, 0.15) is 0 Å². The fourth-order valence-corrected chi connectivity index (χ4v) is 3.07. The Morgan fingerprint density at radius 3 is 2.33 bits per heavy atom. The molecule has 1 aliphatic carbocycles. The molecule has 0 bridgehead atoms. The molecule has 0 aliphatic heterocycles. The number of carbonyl (C=O) groups is 2. The van der Waals surface area contributed by atoms with Crippen LogP contribution in [0, 0.1) is 17.3 Å². The lowest BCUT2D eigenvalue weighted by Gasteiger charge is -2.46. The smallest absolute Gasteiger partial charge is 0.239 e. The lowest BCUT2D eigenvalue weighted by Crippen LogP contribution is -2.53. The summed E-state index contributed by atoms with van der Waals surface area (Å²) in [5, 5.41) is 5.61.